The number of benzene rings is 1. The molecule has 1 aromatic rings. The summed E-state index contributed by atoms with van der Waals surface area (Å²) in [5.41, 5.74) is 5.05. The molecule has 6 nitrogen and oxygen atoms in total. The van der Waals surface area contributed by atoms with Gasteiger partial charge in [0.1, 0.15) is 11.6 Å². The minimum Gasteiger partial charge on any atom is -0.381 e. The fraction of sp³-hybridized carbons (Fsp3) is 0.500. The number of nitrogens with two attached hydrogens (primary N) is 1. The van der Waals surface area contributed by atoms with Gasteiger partial charge in [-0.25, -0.2) is 8.78 Å². The van der Waals surface area contributed by atoms with Crippen molar-refractivity contribution in [3.05, 3.63) is 29.8 Å². The first kappa shape index (κ1) is 18.3. The second-order valence-corrected chi connectivity index (χ2v) is 5.96. The molecule has 0 unspecified atom stereocenters. The second kappa shape index (κ2) is 7.67. The minimum absolute atomic E-state index is 0.00189. The van der Waals surface area contributed by atoms with Crippen LogP contribution in [0, 0.1) is 17.0 Å². The predicted molar refractivity (Wildman–Crippen MR) is 84.2 cm³/mol. The first-order chi connectivity index (χ1) is 11.4. The van der Waals surface area contributed by atoms with Crippen LogP contribution in [-0.2, 0) is 14.3 Å². The van der Waals surface area contributed by atoms with Crippen LogP contribution in [0.3, 0.4) is 0 Å². The van der Waals surface area contributed by atoms with Gasteiger partial charge in [0.25, 0.3) is 0 Å². The van der Waals surface area contributed by atoms with Crippen molar-refractivity contribution in [1.29, 1.82) is 0 Å². The van der Waals surface area contributed by atoms with E-state index in [1.165, 1.54) is 11.9 Å². The Kier molecular flexibility index (Phi) is 5.84. The lowest BCUT2D eigenvalue weighted by Gasteiger charge is -2.37. The molecular weight excluding hydrogens is 320 g/mol. The molecule has 1 fully saturated rings. The van der Waals surface area contributed by atoms with Crippen LogP contribution >= 0.6 is 0 Å². The summed E-state index contributed by atoms with van der Waals surface area (Å²) >= 11 is 0. The zero-order valence-corrected chi connectivity index (χ0v) is 13.5. The maximum atomic E-state index is 13.1. The quantitative estimate of drug-likeness (QED) is 0.840. The molecule has 2 rings (SSSR count). The SMILES string of the molecule is CN(CC(=O)Nc1cc(F)cc(F)c1)C(=O)C1(CN)CCOCC1. The molecule has 0 bridgehead atoms. The molecule has 0 spiro atoms. The van der Waals surface area contributed by atoms with Gasteiger partial charge < -0.3 is 20.7 Å². The Labute approximate surface area is 138 Å². The number of nitrogens with zero attached hydrogens (tertiary/aromatic N) is 1. The van der Waals surface area contributed by atoms with Crippen molar-refractivity contribution < 1.29 is 23.1 Å². The fourth-order valence-electron chi connectivity index (χ4n) is 2.79. The molecule has 1 heterocycles. The second-order valence-electron chi connectivity index (χ2n) is 5.96. The Morgan fingerprint density at radius 2 is 1.83 bits per heavy atom. The highest BCUT2D eigenvalue weighted by Crippen LogP contribution is 2.31. The Balaban J connectivity index is 1.98. The van der Waals surface area contributed by atoms with E-state index in [0.717, 1.165) is 12.1 Å². The van der Waals surface area contributed by atoms with Gasteiger partial charge in [0.05, 0.1) is 12.0 Å². The number of nitrogens with one attached hydrogen (secondary N) is 1. The molecule has 1 aliphatic heterocycles. The highest BCUT2D eigenvalue weighted by atomic mass is 19.1. The zero-order valence-electron chi connectivity index (χ0n) is 13.5. The first-order valence-corrected chi connectivity index (χ1v) is 7.66. The lowest BCUT2D eigenvalue weighted by atomic mass is 9.79. The van der Waals surface area contributed by atoms with E-state index in [2.05, 4.69) is 5.32 Å². The van der Waals surface area contributed by atoms with Crippen molar-refractivity contribution in [3.63, 3.8) is 0 Å². The van der Waals surface area contributed by atoms with Crippen LogP contribution < -0.4 is 11.1 Å². The summed E-state index contributed by atoms with van der Waals surface area (Å²) in [6.07, 6.45) is 1.01. The van der Waals surface area contributed by atoms with E-state index in [9.17, 15) is 18.4 Å². The van der Waals surface area contributed by atoms with Crippen LogP contribution in [0.4, 0.5) is 14.5 Å². The van der Waals surface area contributed by atoms with Crippen molar-refractivity contribution in [3.8, 4) is 0 Å². The van der Waals surface area contributed by atoms with E-state index < -0.39 is 23.0 Å². The molecule has 1 saturated heterocycles. The number of rotatable bonds is 5. The molecule has 0 radical (unpaired) electrons. The third-order valence-electron chi connectivity index (χ3n) is 4.17. The maximum Gasteiger partial charge on any atom is 0.243 e. The molecule has 1 aliphatic rings. The Hall–Kier alpha value is -2.06. The van der Waals surface area contributed by atoms with Crippen LogP contribution in [0.25, 0.3) is 0 Å². The van der Waals surface area contributed by atoms with Crippen molar-refractivity contribution >= 4 is 17.5 Å². The van der Waals surface area contributed by atoms with Gasteiger partial charge in [-0.3, -0.25) is 9.59 Å². The Morgan fingerprint density at radius 1 is 1.25 bits per heavy atom. The third kappa shape index (κ3) is 4.27. The number of anilines is 1. The number of likely N-dealkylation sites (N-methyl/N-ethyl adjacent to an activating group) is 1. The smallest absolute Gasteiger partial charge is 0.243 e. The fourth-order valence-corrected chi connectivity index (χ4v) is 2.79. The van der Waals surface area contributed by atoms with Crippen molar-refractivity contribution in [2.24, 2.45) is 11.1 Å². The van der Waals surface area contributed by atoms with Gasteiger partial charge >= 0.3 is 0 Å². The normalized spacial score (nSPS) is 16.5. The van der Waals surface area contributed by atoms with Crippen molar-refractivity contribution in [2.75, 3.05) is 38.7 Å². The highest BCUT2D eigenvalue weighted by Gasteiger charge is 2.40. The van der Waals surface area contributed by atoms with E-state index in [1.54, 1.807) is 0 Å². The molecule has 2 amide bonds. The topological polar surface area (TPSA) is 84.7 Å². The third-order valence-corrected chi connectivity index (χ3v) is 4.17. The molecule has 0 aliphatic carbocycles. The van der Waals surface area contributed by atoms with Crippen molar-refractivity contribution in [2.45, 2.75) is 12.8 Å². The Bertz CT molecular complexity index is 598. The van der Waals surface area contributed by atoms with Gasteiger partial charge in [-0.2, -0.15) is 0 Å². The maximum absolute atomic E-state index is 13.1. The number of carbonyl (C=O) groups is 2. The van der Waals surface area contributed by atoms with Gasteiger partial charge in [-0.15, -0.1) is 0 Å². The van der Waals surface area contributed by atoms with Crippen molar-refractivity contribution in [1.82, 2.24) is 4.90 Å². The van der Waals surface area contributed by atoms with Gasteiger partial charge in [0.15, 0.2) is 0 Å². The van der Waals surface area contributed by atoms with Gasteiger partial charge in [0, 0.05) is 38.6 Å². The zero-order chi connectivity index (χ0) is 17.7. The molecule has 0 saturated carbocycles. The summed E-state index contributed by atoms with van der Waals surface area (Å²) in [5.74, 6) is -2.36. The first-order valence-electron chi connectivity index (χ1n) is 7.66. The van der Waals surface area contributed by atoms with Crippen LogP contribution in [0.1, 0.15) is 12.8 Å². The monoisotopic (exact) mass is 341 g/mol. The molecule has 0 atom stereocenters. The number of ether oxygens (including phenoxy) is 1. The lowest BCUT2D eigenvalue weighted by Crippen LogP contribution is -2.51. The average Bonchev–Trinajstić information content (AvgIpc) is 2.53. The number of hydrogen-bond acceptors (Lipinski definition) is 4. The summed E-state index contributed by atoms with van der Waals surface area (Å²) in [6.45, 7) is 0.840. The minimum atomic E-state index is -0.793. The molecule has 0 aromatic heterocycles. The van der Waals surface area contributed by atoms with Crippen LogP contribution in [0.15, 0.2) is 18.2 Å². The number of halogens is 2. The average molecular weight is 341 g/mol. The van der Waals surface area contributed by atoms with E-state index in [4.69, 9.17) is 10.5 Å². The molecule has 1 aromatic carbocycles. The highest BCUT2D eigenvalue weighted by molar-refractivity contribution is 5.95. The molecule has 24 heavy (non-hydrogen) atoms. The Morgan fingerprint density at radius 3 is 2.38 bits per heavy atom. The molecule has 132 valence electrons. The van der Waals surface area contributed by atoms with E-state index in [0.29, 0.717) is 32.1 Å². The van der Waals surface area contributed by atoms with E-state index >= 15 is 0 Å². The van der Waals surface area contributed by atoms with Crippen LogP contribution in [0.5, 0.6) is 0 Å². The summed E-state index contributed by atoms with van der Waals surface area (Å²) < 4.78 is 31.5. The summed E-state index contributed by atoms with van der Waals surface area (Å²) in [5, 5.41) is 2.37. The summed E-state index contributed by atoms with van der Waals surface area (Å²) in [6, 6.07) is 2.72. The van der Waals surface area contributed by atoms with Crippen LogP contribution in [0.2, 0.25) is 0 Å². The van der Waals surface area contributed by atoms with E-state index in [1.807, 2.05) is 0 Å². The van der Waals surface area contributed by atoms with Gasteiger partial charge in [-0.1, -0.05) is 0 Å². The largest absolute Gasteiger partial charge is 0.381 e. The number of amides is 2. The molecular formula is C16H21F2N3O3. The standard InChI is InChI=1S/C16H21F2N3O3/c1-21(15(23)16(10-19)2-4-24-5-3-16)9-14(22)20-13-7-11(17)6-12(18)8-13/h6-8H,2-5,9-10,19H2,1H3,(H,20,22). The van der Waals surface area contributed by atoms with Gasteiger partial charge in [0.2, 0.25) is 11.8 Å². The lowest BCUT2D eigenvalue weighted by molar-refractivity contribution is -0.147. The van der Waals surface area contributed by atoms with E-state index in [-0.39, 0.29) is 24.7 Å². The molecule has 8 heteroatoms. The summed E-state index contributed by atoms with van der Waals surface area (Å²) in [7, 11) is 1.50. The number of carbonyl (C=O) groups excluding carboxylic acids is 2. The summed E-state index contributed by atoms with van der Waals surface area (Å²) in [4.78, 5) is 25.9. The predicted octanol–water partition coefficient (Wildman–Crippen LogP) is 1.12. The van der Waals surface area contributed by atoms with Crippen LogP contribution in [-0.4, -0.2) is 50.1 Å². The molecule has 3 N–H and O–H groups in total. The van der Waals surface area contributed by atoms with Gasteiger partial charge in [-0.05, 0) is 25.0 Å². The number of hydrogen-bond donors (Lipinski definition) is 2.